The summed E-state index contributed by atoms with van der Waals surface area (Å²) in [5.74, 6) is -1.37. The Labute approximate surface area is 170 Å². The quantitative estimate of drug-likeness (QED) is 0.702. The standard InChI is InChI=1S/C21H26N2O5S/c1-14-9-10-15(2)18(12-14)29(26,27)19(17-8-5-11-28-17)13-22-20(24)21(25)23-16-6-3-4-7-16/h5,8-12,16,19H,3-4,6-7,13H2,1-2H3,(H,22,24)(H,23,25)/t19-/m1/s1. The fourth-order valence-corrected chi connectivity index (χ4v) is 5.51. The summed E-state index contributed by atoms with van der Waals surface area (Å²) in [6, 6.07) is 8.34. The molecule has 1 aliphatic carbocycles. The molecule has 1 aliphatic rings. The largest absolute Gasteiger partial charge is 0.468 e. The van der Waals surface area contributed by atoms with Gasteiger partial charge in [-0.15, -0.1) is 0 Å². The van der Waals surface area contributed by atoms with E-state index in [0.29, 0.717) is 5.56 Å². The zero-order chi connectivity index (χ0) is 21.0. The topological polar surface area (TPSA) is 105 Å². The molecule has 1 atom stereocenters. The third kappa shape index (κ3) is 4.87. The number of carbonyl (C=O) groups is 2. The molecule has 1 aromatic heterocycles. The number of aryl methyl sites for hydroxylation is 2. The molecule has 0 bridgehead atoms. The average molecular weight is 419 g/mol. The molecule has 3 rings (SSSR count). The predicted molar refractivity (Wildman–Crippen MR) is 108 cm³/mol. The van der Waals surface area contributed by atoms with Gasteiger partial charge in [0.2, 0.25) is 0 Å². The fraction of sp³-hybridized carbons (Fsp3) is 0.429. The van der Waals surface area contributed by atoms with Crippen molar-refractivity contribution in [3.05, 3.63) is 53.5 Å². The molecule has 0 spiro atoms. The van der Waals surface area contributed by atoms with Gasteiger partial charge in [-0.05, 0) is 56.0 Å². The van der Waals surface area contributed by atoms with Crippen LogP contribution in [0.2, 0.25) is 0 Å². The van der Waals surface area contributed by atoms with Crippen LogP contribution in [0.15, 0.2) is 45.9 Å². The molecular formula is C21H26N2O5S. The number of carbonyl (C=O) groups excluding carboxylic acids is 2. The van der Waals surface area contributed by atoms with Crippen LogP contribution in [-0.4, -0.2) is 32.8 Å². The molecule has 156 valence electrons. The highest BCUT2D eigenvalue weighted by atomic mass is 32.2. The summed E-state index contributed by atoms with van der Waals surface area (Å²) in [7, 11) is -3.86. The Morgan fingerprint density at radius 3 is 2.52 bits per heavy atom. The number of furan rings is 1. The molecule has 0 saturated heterocycles. The summed E-state index contributed by atoms with van der Waals surface area (Å²) in [6.07, 6.45) is 5.15. The van der Waals surface area contributed by atoms with Crippen molar-refractivity contribution in [2.45, 2.75) is 55.7 Å². The first kappa shape index (κ1) is 21.1. The van der Waals surface area contributed by atoms with Crippen LogP contribution in [0.4, 0.5) is 0 Å². The highest BCUT2D eigenvalue weighted by Crippen LogP contribution is 2.31. The second-order valence-corrected chi connectivity index (χ2v) is 9.58. The van der Waals surface area contributed by atoms with Crippen molar-refractivity contribution in [3.63, 3.8) is 0 Å². The maximum atomic E-state index is 13.4. The first-order valence-corrected chi connectivity index (χ1v) is 11.3. The number of amides is 2. The van der Waals surface area contributed by atoms with Crippen LogP contribution < -0.4 is 10.6 Å². The fourth-order valence-electron chi connectivity index (χ4n) is 3.59. The van der Waals surface area contributed by atoms with Gasteiger partial charge in [-0.3, -0.25) is 9.59 Å². The summed E-state index contributed by atoms with van der Waals surface area (Å²) < 4.78 is 32.0. The summed E-state index contributed by atoms with van der Waals surface area (Å²) in [5, 5.41) is 4.03. The van der Waals surface area contributed by atoms with Crippen LogP contribution in [0, 0.1) is 13.8 Å². The molecule has 2 aromatic rings. The number of sulfone groups is 1. The molecule has 8 heteroatoms. The van der Waals surface area contributed by atoms with Gasteiger partial charge in [-0.1, -0.05) is 25.0 Å². The molecule has 1 fully saturated rings. The van der Waals surface area contributed by atoms with E-state index in [0.717, 1.165) is 31.2 Å². The molecule has 1 heterocycles. The van der Waals surface area contributed by atoms with Crippen molar-refractivity contribution >= 4 is 21.7 Å². The second-order valence-electron chi connectivity index (χ2n) is 7.48. The molecule has 0 unspecified atom stereocenters. The van der Waals surface area contributed by atoms with Gasteiger partial charge in [-0.2, -0.15) is 0 Å². The van der Waals surface area contributed by atoms with E-state index in [9.17, 15) is 18.0 Å². The smallest absolute Gasteiger partial charge is 0.309 e. The van der Waals surface area contributed by atoms with E-state index in [2.05, 4.69) is 10.6 Å². The van der Waals surface area contributed by atoms with Crippen LogP contribution in [0.1, 0.15) is 47.8 Å². The summed E-state index contributed by atoms with van der Waals surface area (Å²) in [6.45, 7) is 3.27. The third-order valence-electron chi connectivity index (χ3n) is 5.23. The Morgan fingerprint density at radius 1 is 1.14 bits per heavy atom. The maximum Gasteiger partial charge on any atom is 0.309 e. The van der Waals surface area contributed by atoms with E-state index in [1.54, 1.807) is 31.2 Å². The normalized spacial score (nSPS) is 15.8. The summed E-state index contributed by atoms with van der Waals surface area (Å²) in [4.78, 5) is 24.5. The van der Waals surface area contributed by atoms with Gasteiger partial charge < -0.3 is 15.1 Å². The second kappa shape index (κ2) is 8.82. The van der Waals surface area contributed by atoms with Gasteiger partial charge in [0.15, 0.2) is 9.84 Å². The number of rotatable bonds is 6. The number of hydrogen-bond donors (Lipinski definition) is 2. The molecule has 2 amide bonds. The van der Waals surface area contributed by atoms with E-state index in [1.807, 2.05) is 13.0 Å². The monoisotopic (exact) mass is 418 g/mol. The van der Waals surface area contributed by atoms with E-state index in [1.165, 1.54) is 6.26 Å². The zero-order valence-corrected chi connectivity index (χ0v) is 17.4. The lowest BCUT2D eigenvalue weighted by atomic mass is 10.2. The van der Waals surface area contributed by atoms with E-state index in [-0.39, 0.29) is 23.2 Å². The van der Waals surface area contributed by atoms with E-state index in [4.69, 9.17) is 4.42 Å². The lowest BCUT2D eigenvalue weighted by Gasteiger charge is -2.18. The zero-order valence-electron chi connectivity index (χ0n) is 16.6. The molecule has 7 nitrogen and oxygen atoms in total. The van der Waals surface area contributed by atoms with E-state index < -0.39 is 26.9 Å². The first-order valence-electron chi connectivity index (χ1n) is 9.72. The van der Waals surface area contributed by atoms with Crippen LogP contribution in [0.25, 0.3) is 0 Å². The molecule has 0 aliphatic heterocycles. The van der Waals surface area contributed by atoms with Crippen molar-refractivity contribution in [3.8, 4) is 0 Å². The Bertz CT molecular complexity index is 977. The molecule has 1 saturated carbocycles. The minimum Gasteiger partial charge on any atom is -0.468 e. The van der Waals surface area contributed by atoms with E-state index >= 15 is 0 Å². The van der Waals surface area contributed by atoms with Crippen LogP contribution >= 0.6 is 0 Å². The van der Waals surface area contributed by atoms with Gasteiger partial charge in [-0.25, -0.2) is 8.42 Å². The Balaban J connectivity index is 1.78. The van der Waals surface area contributed by atoms with Crippen LogP contribution in [-0.2, 0) is 19.4 Å². The van der Waals surface area contributed by atoms with Gasteiger partial charge in [0.05, 0.1) is 11.2 Å². The van der Waals surface area contributed by atoms with Gasteiger partial charge in [0.1, 0.15) is 11.0 Å². The van der Waals surface area contributed by atoms with Gasteiger partial charge in [0, 0.05) is 12.6 Å². The van der Waals surface area contributed by atoms with Crippen molar-refractivity contribution in [1.29, 1.82) is 0 Å². The molecule has 0 radical (unpaired) electrons. The summed E-state index contributed by atoms with van der Waals surface area (Å²) >= 11 is 0. The average Bonchev–Trinajstić information content (AvgIpc) is 3.37. The van der Waals surface area contributed by atoms with Crippen molar-refractivity contribution in [1.82, 2.24) is 10.6 Å². The van der Waals surface area contributed by atoms with Crippen molar-refractivity contribution in [2.24, 2.45) is 0 Å². The Kier molecular flexibility index (Phi) is 6.42. The molecule has 1 aromatic carbocycles. The van der Waals surface area contributed by atoms with Gasteiger partial charge >= 0.3 is 11.8 Å². The first-order chi connectivity index (χ1) is 13.8. The predicted octanol–water partition coefficient (Wildman–Crippen LogP) is 2.59. The summed E-state index contributed by atoms with van der Waals surface area (Å²) in [5.41, 5.74) is 1.42. The maximum absolute atomic E-state index is 13.4. The van der Waals surface area contributed by atoms with Crippen LogP contribution in [0.5, 0.6) is 0 Å². The highest BCUT2D eigenvalue weighted by Gasteiger charge is 2.33. The number of benzene rings is 1. The lowest BCUT2D eigenvalue weighted by molar-refractivity contribution is -0.139. The lowest BCUT2D eigenvalue weighted by Crippen LogP contribution is -2.45. The molecule has 2 N–H and O–H groups in total. The van der Waals surface area contributed by atoms with Crippen molar-refractivity contribution < 1.29 is 22.4 Å². The van der Waals surface area contributed by atoms with Crippen LogP contribution in [0.3, 0.4) is 0 Å². The number of nitrogens with one attached hydrogen (secondary N) is 2. The SMILES string of the molecule is Cc1ccc(C)c(S(=O)(=O)[C@H](CNC(=O)C(=O)NC2CCCC2)c2ccco2)c1. The van der Waals surface area contributed by atoms with Gasteiger partial charge in [0.25, 0.3) is 0 Å². The highest BCUT2D eigenvalue weighted by molar-refractivity contribution is 7.91. The minimum absolute atomic E-state index is 0.00722. The molecule has 29 heavy (non-hydrogen) atoms. The Hall–Kier alpha value is -2.61. The van der Waals surface area contributed by atoms with Crippen molar-refractivity contribution in [2.75, 3.05) is 6.54 Å². The molecular weight excluding hydrogens is 392 g/mol. The Morgan fingerprint density at radius 2 is 1.86 bits per heavy atom. The number of hydrogen-bond acceptors (Lipinski definition) is 5. The third-order valence-corrected chi connectivity index (χ3v) is 7.43. The minimum atomic E-state index is -3.86.